The normalized spacial score (nSPS) is 25.4. The van der Waals surface area contributed by atoms with Gasteiger partial charge in [0, 0.05) is 22.6 Å². The first kappa shape index (κ1) is 23.0. The summed E-state index contributed by atoms with van der Waals surface area (Å²) >= 11 is 6.85. The average molecular weight is 507 g/mol. The van der Waals surface area contributed by atoms with E-state index in [0.717, 1.165) is 18.0 Å². The Balaban J connectivity index is 1.76. The van der Waals surface area contributed by atoms with E-state index in [-0.39, 0.29) is 17.5 Å². The van der Waals surface area contributed by atoms with Crippen LogP contribution in [0.3, 0.4) is 0 Å². The quantitative estimate of drug-likeness (QED) is 0.264. The summed E-state index contributed by atoms with van der Waals surface area (Å²) in [6.45, 7) is 3.53. The zero-order valence-corrected chi connectivity index (χ0v) is 20.1. The Hall–Kier alpha value is -2.75. The topological polar surface area (TPSA) is 44.1 Å². The van der Waals surface area contributed by atoms with Crippen LogP contribution in [0.4, 0.5) is 19.1 Å². The molecule has 1 aromatic carbocycles. The number of imidazole rings is 1. The number of alkyl halides is 3. The number of hydrogen-bond acceptors (Lipinski definition) is 4. The van der Waals surface area contributed by atoms with Crippen molar-refractivity contribution in [2.24, 2.45) is 0 Å². The maximum atomic E-state index is 15.0. The fourth-order valence-corrected chi connectivity index (χ4v) is 6.37. The number of halogens is 4. The Labute approximate surface area is 203 Å². The summed E-state index contributed by atoms with van der Waals surface area (Å²) in [4.78, 5) is 17.3. The number of allylic oxidation sites excluding steroid dienone is 3. The third-order valence-electron chi connectivity index (χ3n) is 6.56. The molecule has 10 heteroatoms. The molecule has 176 valence electrons. The summed E-state index contributed by atoms with van der Waals surface area (Å²) < 4.78 is 50.7. The fraction of sp³-hybridized carbons (Fsp3) is 0.250. The van der Waals surface area contributed by atoms with Crippen molar-refractivity contribution in [2.45, 2.75) is 37.1 Å². The van der Waals surface area contributed by atoms with Crippen LogP contribution in [0, 0.1) is 0 Å². The van der Waals surface area contributed by atoms with Crippen LogP contribution in [-0.4, -0.2) is 33.6 Å². The molecule has 0 amide bonds. The molecule has 5 rings (SSSR count). The maximum Gasteiger partial charge on any atom is 0.574 e. The van der Waals surface area contributed by atoms with Crippen molar-refractivity contribution >= 4 is 40.1 Å². The van der Waals surface area contributed by atoms with E-state index < -0.39 is 16.3 Å². The number of hydrogen-bond donors (Lipinski definition) is 0. The van der Waals surface area contributed by atoms with Crippen LogP contribution in [0.2, 0.25) is 5.02 Å². The van der Waals surface area contributed by atoms with E-state index in [1.54, 1.807) is 44.2 Å². The van der Waals surface area contributed by atoms with Crippen LogP contribution >= 0.6 is 23.4 Å². The summed E-state index contributed by atoms with van der Waals surface area (Å²) in [5.74, 6) is 0.330. The number of nitrogens with zero attached hydrogens (tertiary/aromatic N) is 3. The molecule has 1 spiro atoms. The van der Waals surface area contributed by atoms with Crippen molar-refractivity contribution in [1.82, 2.24) is 14.0 Å². The first-order valence-electron chi connectivity index (χ1n) is 10.4. The van der Waals surface area contributed by atoms with Gasteiger partial charge in [-0.1, -0.05) is 29.8 Å². The second kappa shape index (κ2) is 7.63. The number of fused-ring (bicyclic) bond motifs is 3. The number of thioether (sulfide) groups is 1. The van der Waals surface area contributed by atoms with Crippen molar-refractivity contribution in [3.8, 4) is 0 Å². The molecule has 0 bridgehead atoms. The number of carbonyl (C=O) groups is 1. The largest absolute Gasteiger partial charge is 0.574 e. The molecule has 2 aromatic rings. The molecule has 1 aliphatic carbocycles. The van der Waals surface area contributed by atoms with Crippen molar-refractivity contribution < 1.29 is 22.7 Å². The van der Waals surface area contributed by atoms with Gasteiger partial charge in [0.2, 0.25) is 5.12 Å². The van der Waals surface area contributed by atoms with Crippen LogP contribution in [0.5, 0.6) is 0 Å². The molecule has 0 radical (unpaired) electrons. The Morgan fingerprint density at radius 1 is 1.29 bits per heavy atom. The van der Waals surface area contributed by atoms with Gasteiger partial charge < -0.3 is 4.74 Å². The van der Waals surface area contributed by atoms with E-state index in [0.29, 0.717) is 38.2 Å². The summed E-state index contributed by atoms with van der Waals surface area (Å²) in [6, 6.07) is 6.44. The minimum Gasteiger partial charge on any atom is -0.496 e. The van der Waals surface area contributed by atoms with Gasteiger partial charge in [-0.15, -0.1) is 17.7 Å². The molecule has 3 aliphatic rings. The lowest BCUT2D eigenvalue weighted by Crippen LogP contribution is -2.68. The van der Waals surface area contributed by atoms with E-state index in [9.17, 15) is 4.79 Å². The molecule has 0 saturated heterocycles. The van der Waals surface area contributed by atoms with Crippen molar-refractivity contribution in [1.29, 1.82) is 0 Å². The number of aromatic nitrogens is 2. The number of rotatable bonds is 3. The Morgan fingerprint density at radius 3 is 2.74 bits per heavy atom. The van der Waals surface area contributed by atoms with Gasteiger partial charge in [-0.25, -0.2) is 4.57 Å². The number of ether oxygens (including phenoxy) is 1. The highest BCUT2D eigenvalue weighted by Crippen LogP contribution is 2.62. The van der Waals surface area contributed by atoms with Gasteiger partial charge in [-0.3, -0.25) is 4.79 Å². The molecule has 2 unspecified atom stereocenters. The second-order valence-corrected chi connectivity index (χ2v) is 9.84. The summed E-state index contributed by atoms with van der Waals surface area (Å²) in [5.41, 5.74) is 0.542. The first-order chi connectivity index (χ1) is 16.1. The third kappa shape index (κ3) is 2.87. The minimum absolute atomic E-state index is 0.0822. The fourth-order valence-electron chi connectivity index (χ4n) is 5.38. The van der Waals surface area contributed by atoms with E-state index in [4.69, 9.17) is 16.3 Å². The van der Waals surface area contributed by atoms with E-state index in [1.807, 2.05) is 0 Å². The summed E-state index contributed by atoms with van der Waals surface area (Å²) in [6.07, 6.45) is 2.47. The molecule has 5 nitrogen and oxygen atoms in total. The number of carbonyl (C=O) groups excluding carboxylic acids is 1. The number of quaternary nitrogens is 1. The molecule has 34 heavy (non-hydrogen) atoms. The highest BCUT2D eigenvalue weighted by Gasteiger charge is 2.76. The van der Waals surface area contributed by atoms with Crippen LogP contribution < -0.4 is 4.48 Å². The van der Waals surface area contributed by atoms with Gasteiger partial charge in [0.05, 0.1) is 13.3 Å². The van der Waals surface area contributed by atoms with Gasteiger partial charge in [-0.2, -0.15) is 4.98 Å². The lowest BCUT2D eigenvalue weighted by Gasteiger charge is -2.45. The average Bonchev–Trinajstić information content (AvgIpc) is 3.28. The molecule has 3 heterocycles. The van der Waals surface area contributed by atoms with E-state index in [2.05, 4.69) is 4.98 Å². The minimum atomic E-state index is -4.70. The molecule has 0 N–H and O–H groups in total. The standard InChI is InChI=1S/C24H20ClF3N3O2S/c1-14-12-23-9-4-5-10-31(23,24(26,27)28)22-29-13-18(30(22)20(23)15(2)19(14)33-3)34-21(32)16-7-6-8-17(25)11-16/h4-11,13H,12H2,1-3H3/q+1. The second-order valence-electron chi connectivity index (χ2n) is 8.41. The zero-order valence-electron chi connectivity index (χ0n) is 18.5. The van der Waals surface area contributed by atoms with E-state index >= 15 is 13.2 Å². The van der Waals surface area contributed by atoms with Gasteiger partial charge in [0.1, 0.15) is 22.7 Å². The summed E-state index contributed by atoms with van der Waals surface area (Å²) in [5, 5.41) is 0.345. The Morgan fingerprint density at radius 2 is 2.06 bits per heavy atom. The van der Waals surface area contributed by atoms with Gasteiger partial charge in [0.25, 0.3) is 0 Å². The first-order valence-corrected chi connectivity index (χ1v) is 11.6. The van der Waals surface area contributed by atoms with Gasteiger partial charge in [-0.05, 0) is 55.5 Å². The zero-order chi connectivity index (χ0) is 24.5. The monoisotopic (exact) mass is 506 g/mol. The Kier molecular flexibility index (Phi) is 5.16. The van der Waals surface area contributed by atoms with E-state index in [1.165, 1.54) is 30.0 Å². The molecule has 2 atom stereocenters. The SMILES string of the molecule is COC1=C(C)CC23C=CC=C[N+]2(C(F)(F)F)c2ncc(SC(=O)c4cccc(Cl)c4)n2C3=C1C. The predicted molar refractivity (Wildman–Crippen MR) is 126 cm³/mol. The smallest absolute Gasteiger partial charge is 0.496 e. The predicted octanol–water partition coefficient (Wildman–Crippen LogP) is 6.69. The van der Waals surface area contributed by atoms with Crippen molar-refractivity contribution in [3.05, 3.63) is 82.4 Å². The Bertz CT molecular complexity index is 1360. The van der Waals surface area contributed by atoms with Crippen molar-refractivity contribution in [2.75, 3.05) is 7.11 Å². The van der Waals surface area contributed by atoms with Crippen LogP contribution in [0.25, 0.3) is 5.70 Å². The lowest BCUT2D eigenvalue weighted by molar-refractivity contribution is -0.236. The third-order valence-corrected chi connectivity index (χ3v) is 7.72. The molecule has 0 fully saturated rings. The molecule has 1 aromatic heterocycles. The highest BCUT2D eigenvalue weighted by atomic mass is 35.5. The summed E-state index contributed by atoms with van der Waals surface area (Å²) in [7, 11) is 1.51. The van der Waals surface area contributed by atoms with Gasteiger partial charge in [0.15, 0.2) is 5.54 Å². The molecule has 2 aliphatic heterocycles. The van der Waals surface area contributed by atoms with Gasteiger partial charge >= 0.3 is 12.2 Å². The number of methoxy groups -OCH3 is 1. The van der Waals surface area contributed by atoms with Crippen molar-refractivity contribution in [3.63, 3.8) is 0 Å². The molecule has 0 saturated carbocycles. The lowest BCUT2D eigenvalue weighted by atomic mass is 9.77. The molecular weight excluding hydrogens is 487 g/mol. The van der Waals surface area contributed by atoms with Crippen LogP contribution in [0.15, 0.2) is 76.8 Å². The number of benzene rings is 1. The molecular formula is C24H20ClF3N3O2S+. The maximum absolute atomic E-state index is 15.0. The van der Waals surface area contributed by atoms with Crippen LogP contribution in [-0.2, 0) is 4.74 Å². The van der Waals surface area contributed by atoms with Crippen LogP contribution in [0.1, 0.15) is 30.6 Å². The highest BCUT2D eigenvalue weighted by molar-refractivity contribution is 8.14.